The van der Waals surface area contributed by atoms with Gasteiger partial charge in [0, 0.05) is 6.04 Å². The Morgan fingerprint density at radius 2 is 2.19 bits per heavy atom. The molecule has 0 spiro atoms. The van der Waals surface area contributed by atoms with E-state index in [9.17, 15) is 9.59 Å². The summed E-state index contributed by atoms with van der Waals surface area (Å²) < 4.78 is 0. The van der Waals surface area contributed by atoms with Crippen molar-refractivity contribution in [2.45, 2.75) is 38.6 Å². The number of amides is 2. The summed E-state index contributed by atoms with van der Waals surface area (Å²) in [6, 6.07) is -0.338. The lowest BCUT2D eigenvalue weighted by molar-refractivity contribution is -0.144. The molecule has 92 valence electrons. The molecule has 2 amide bonds. The second-order valence-corrected chi connectivity index (χ2v) is 4.04. The number of hydrogen-bond donors (Lipinski definition) is 3. The average Bonchev–Trinajstić information content (AvgIpc) is 3.00. The summed E-state index contributed by atoms with van der Waals surface area (Å²) in [5, 5.41) is 11.0. The van der Waals surface area contributed by atoms with E-state index in [-0.39, 0.29) is 6.04 Å². The van der Waals surface area contributed by atoms with Crippen molar-refractivity contribution in [3.05, 3.63) is 0 Å². The minimum atomic E-state index is -1.12. The quantitative estimate of drug-likeness (QED) is 0.566. The molecular weight excluding hydrogens is 212 g/mol. The molecule has 1 saturated carbocycles. The number of hydrogen-bond acceptors (Lipinski definition) is 3. The van der Waals surface area contributed by atoms with Gasteiger partial charge in [-0.1, -0.05) is 19.8 Å². The molecule has 16 heavy (non-hydrogen) atoms. The Hall–Kier alpha value is -1.30. The number of nitrogens with one attached hydrogen (secondary N) is 2. The van der Waals surface area contributed by atoms with E-state index in [0.29, 0.717) is 0 Å². The highest BCUT2D eigenvalue weighted by Crippen LogP contribution is 2.33. The zero-order chi connectivity index (χ0) is 12.0. The average molecular weight is 230 g/mol. The number of rotatable bonds is 7. The van der Waals surface area contributed by atoms with Gasteiger partial charge in [0.2, 0.25) is 0 Å². The van der Waals surface area contributed by atoms with Gasteiger partial charge >= 0.3 is 12.0 Å². The molecule has 1 aliphatic carbocycles. The molecule has 1 aliphatic rings. The topological polar surface area (TPSA) is 87.7 Å². The number of urea groups is 1. The normalized spacial score (nSPS) is 16.6. The molecule has 6 nitrogen and oxygen atoms in total. The molecule has 6 heteroatoms. The zero-order valence-electron chi connectivity index (χ0n) is 9.36. The van der Waals surface area contributed by atoms with Crippen LogP contribution in [0.3, 0.4) is 0 Å². The number of aliphatic carboxylic acids is 1. The molecule has 3 N–H and O–H groups in total. The molecule has 1 rings (SSSR count). The summed E-state index contributed by atoms with van der Waals surface area (Å²) in [7, 11) is 0. The van der Waals surface area contributed by atoms with Crippen LogP contribution in [-0.2, 0) is 9.63 Å². The van der Waals surface area contributed by atoms with Crippen LogP contribution in [0.25, 0.3) is 0 Å². The first kappa shape index (κ1) is 12.8. The Bertz CT molecular complexity index is 253. The summed E-state index contributed by atoms with van der Waals surface area (Å²) in [6.45, 7) is 1.47. The van der Waals surface area contributed by atoms with Gasteiger partial charge in [-0.05, 0) is 18.8 Å². The summed E-state index contributed by atoms with van der Waals surface area (Å²) in [5.41, 5.74) is 2.04. The largest absolute Gasteiger partial charge is 0.479 e. The van der Waals surface area contributed by atoms with Gasteiger partial charge in [-0.15, -0.1) is 0 Å². The lowest BCUT2D eigenvalue weighted by Crippen LogP contribution is -2.42. The molecule has 0 saturated heterocycles. The van der Waals surface area contributed by atoms with Crippen molar-refractivity contribution in [2.75, 3.05) is 6.61 Å². The van der Waals surface area contributed by atoms with Crippen LogP contribution in [0.5, 0.6) is 0 Å². The molecular formula is C10H18N2O4. The van der Waals surface area contributed by atoms with Crippen LogP contribution in [0.2, 0.25) is 0 Å². The maximum absolute atomic E-state index is 11.3. The van der Waals surface area contributed by atoms with Crippen molar-refractivity contribution in [3.63, 3.8) is 0 Å². The number of carbonyl (C=O) groups excluding carboxylic acids is 1. The molecule has 0 heterocycles. The Morgan fingerprint density at radius 1 is 1.50 bits per heavy atom. The van der Waals surface area contributed by atoms with E-state index in [1.807, 2.05) is 12.4 Å². The van der Waals surface area contributed by atoms with E-state index in [1.165, 1.54) is 12.8 Å². The van der Waals surface area contributed by atoms with E-state index in [1.54, 1.807) is 0 Å². The van der Waals surface area contributed by atoms with Crippen LogP contribution in [0, 0.1) is 5.92 Å². The molecule has 1 fully saturated rings. The molecule has 0 radical (unpaired) electrons. The van der Waals surface area contributed by atoms with Gasteiger partial charge < -0.3 is 10.4 Å². The van der Waals surface area contributed by atoms with Gasteiger partial charge in [0.1, 0.15) is 0 Å². The van der Waals surface area contributed by atoms with E-state index in [2.05, 4.69) is 10.2 Å². The first-order valence-electron chi connectivity index (χ1n) is 5.52. The van der Waals surface area contributed by atoms with Gasteiger partial charge in [0.05, 0.1) is 0 Å². The van der Waals surface area contributed by atoms with Crippen molar-refractivity contribution in [1.82, 2.24) is 10.8 Å². The number of carboxylic acids is 1. The number of hydroxylamine groups is 1. The molecule has 0 aliphatic heterocycles. The molecule has 0 aromatic rings. The lowest BCUT2D eigenvalue weighted by atomic mass is 10.1. The highest BCUT2D eigenvalue weighted by Gasteiger charge is 2.25. The number of carboxylic acid groups (broad SMARTS) is 1. The van der Waals surface area contributed by atoms with Crippen LogP contribution in [0.1, 0.15) is 32.6 Å². The monoisotopic (exact) mass is 230 g/mol. The predicted molar refractivity (Wildman–Crippen MR) is 56.7 cm³/mol. The minimum Gasteiger partial charge on any atom is -0.479 e. The Labute approximate surface area is 94.3 Å². The molecule has 0 aromatic carbocycles. The SMILES string of the molecule is CCC(CC1CC1)NC(=O)NOCC(=O)O. The van der Waals surface area contributed by atoms with Crippen molar-refractivity contribution in [1.29, 1.82) is 0 Å². The maximum Gasteiger partial charge on any atom is 0.338 e. The Morgan fingerprint density at radius 3 is 2.69 bits per heavy atom. The molecule has 1 unspecified atom stereocenters. The molecule has 1 atom stereocenters. The summed E-state index contributed by atoms with van der Waals surface area (Å²) in [4.78, 5) is 25.8. The third-order valence-electron chi connectivity index (χ3n) is 2.50. The Kier molecular flexibility index (Phi) is 5.04. The van der Waals surface area contributed by atoms with E-state index < -0.39 is 18.6 Å². The van der Waals surface area contributed by atoms with Crippen LogP contribution in [0.15, 0.2) is 0 Å². The third-order valence-corrected chi connectivity index (χ3v) is 2.50. The van der Waals surface area contributed by atoms with Crippen molar-refractivity contribution in [2.24, 2.45) is 5.92 Å². The fourth-order valence-corrected chi connectivity index (χ4v) is 1.46. The zero-order valence-corrected chi connectivity index (χ0v) is 9.36. The minimum absolute atomic E-state index is 0.140. The van der Waals surface area contributed by atoms with E-state index >= 15 is 0 Å². The van der Waals surface area contributed by atoms with Crippen LogP contribution < -0.4 is 10.8 Å². The first-order chi connectivity index (χ1) is 7.61. The van der Waals surface area contributed by atoms with Crippen molar-refractivity contribution >= 4 is 12.0 Å². The standard InChI is InChI=1S/C10H18N2O4/c1-2-8(5-7-3-4-7)11-10(15)12-16-6-9(13)14/h7-8H,2-6H2,1H3,(H,13,14)(H2,11,12,15). The van der Waals surface area contributed by atoms with Crippen LogP contribution >= 0.6 is 0 Å². The third kappa shape index (κ3) is 5.55. The molecule has 0 bridgehead atoms. The van der Waals surface area contributed by atoms with Gasteiger partial charge in [0.15, 0.2) is 6.61 Å². The summed E-state index contributed by atoms with van der Waals surface area (Å²) in [5.74, 6) is -0.379. The van der Waals surface area contributed by atoms with Gasteiger partial charge in [-0.2, -0.15) is 0 Å². The highest BCUT2D eigenvalue weighted by molar-refractivity contribution is 5.73. The fraction of sp³-hybridized carbons (Fsp3) is 0.800. The van der Waals surface area contributed by atoms with E-state index in [0.717, 1.165) is 18.8 Å². The van der Waals surface area contributed by atoms with Crippen molar-refractivity contribution < 1.29 is 19.5 Å². The predicted octanol–water partition coefficient (Wildman–Crippen LogP) is 0.880. The van der Waals surface area contributed by atoms with Gasteiger partial charge in [-0.3, -0.25) is 4.84 Å². The fourth-order valence-electron chi connectivity index (χ4n) is 1.46. The smallest absolute Gasteiger partial charge is 0.338 e. The first-order valence-corrected chi connectivity index (χ1v) is 5.52. The number of carbonyl (C=O) groups is 2. The second kappa shape index (κ2) is 6.32. The van der Waals surface area contributed by atoms with Gasteiger partial charge in [0.25, 0.3) is 0 Å². The Balaban J connectivity index is 2.12. The van der Waals surface area contributed by atoms with Crippen LogP contribution in [0.4, 0.5) is 4.79 Å². The molecule has 0 aromatic heterocycles. The van der Waals surface area contributed by atoms with Gasteiger partial charge in [-0.25, -0.2) is 15.1 Å². The van der Waals surface area contributed by atoms with Crippen LogP contribution in [-0.4, -0.2) is 29.8 Å². The van der Waals surface area contributed by atoms with E-state index in [4.69, 9.17) is 5.11 Å². The summed E-state index contributed by atoms with van der Waals surface area (Å²) in [6.07, 6.45) is 4.34. The lowest BCUT2D eigenvalue weighted by Gasteiger charge is -2.16. The highest BCUT2D eigenvalue weighted by atomic mass is 16.7. The maximum atomic E-state index is 11.3. The second-order valence-electron chi connectivity index (χ2n) is 4.04. The summed E-state index contributed by atoms with van der Waals surface area (Å²) >= 11 is 0. The van der Waals surface area contributed by atoms with Crippen molar-refractivity contribution in [3.8, 4) is 0 Å².